The van der Waals surface area contributed by atoms with Crippen molar-refractivity contribution in [1.82, 2.24) is 14.0 Å². The van der Waals surface area contributed by atoms with Gasteiger partial charge in [0, 0.05) is 33.8 Å². The molecule has 5 nitrogen and oxygen atoms in total. The Bertz CT molecular complexity index is 3810. The van der Waals surface area contributed by atoms with Gasteiger partial charge in [-0.15, -0.1) is 0 Å². The van der Waals surface area contributed by atoms with Crippen LogP contribution in [0.1, 0.15) is 29.9 Å². The highest BCUT2D eigenvalue weighted by molar-refractivity contribution is 7.20. The van der Waals surface area contributed by atoms with Gasteiger partial charge < -0.3 is 9.15 Å². The van der Waals surface area contributed by atoms with Gasteiger partial charge in [-0.1, -0.05) is 183 Å². The lowest BCUT2D eigenvalue weighted by Crippen LogP contribution is -2.76. The molecule has 12 rings (SSSR count). The van der Waals surface area contributed by atoms with Crippen LogP contribution in [0.4, 0.5) is 0 Å². The van der Waals surface area contributed by atoms with Crippen molar-refractivity contribution in [3.05, 3.63) is 229 Å². The average molecular weight is 901 g/mol. The molecule has 4 heterocycles. The molecule has 0 N–H and O–H groups in total. The van der Waals surface area contributed by atoms with Crippen molar-refractivity contribution in [3.63, 3.8) is 0 Å². The molecule has 0 radical (unpaired) electrons. The quantitative estimate of drug-likeness (QED) is 0.107. The van der Waals surface area contributed by atoms with E-state index in [1.807, 2.05) is 91.0 Å². The zero-order valence-corrected chi connectivity index (χ0v) is 38.6. The highest BCUT2D eigenvalue weighted by Crippen LogP contribution is 2.58. The van der Waals surface area contributed by atoms with Gasteiger partial charge in [0.1, 0.15) is 11.5 Å². The van der Waals surface area contributed by atoms with Crippen molar-refractivity contribution in [1.29, 1.82) is 0 Å². The molecule has 65 heavy (non-hydrogen) atoms. The Morgan fingerprint density at radius 1 is 0.615 bits per heavy atom. The van der Waals surface area contributed by atoms with Gasteiger partial charge in [0.2, 0.25) is 5.78 Å². The fourth-order valence-corrected chi connectivity index (χ4v) is 25.1. The molecule has 2 unspecified atom stereocenters. The first kappa shape index (κ1) is 31.0. The molecular formula is C57H49N3O2Si3. The summed E-state index contributed by atoms with van der Waals surface area (Å²) in [5.74, 6) is 1.19. The van der Waals surface area contributed by atoms with Gasteiger partial charge in [-0.25, -0.2) is 4.98 Å². The molecule has 0 amide bonds. The third kappa shape index (κ3) is 5.45. The summed E-state index contributed by atoms with van der Waals surface area (Å²) >= 11 is 0. The van der Waals surface area contributed by atoms with Crippen LogP contribution in [0.15, 0.2) is 222 Å². The molecule has 0 spiro atoms. The lowest BCUT2D eigenvalue weighted by Gasteiger charge is -2.57. The summed E-state index contributed by atoms with van der Waals surface area (Å²) in [5.41, 5.74) is 5.08. The van der Waals surface area contributed by atoms with Crippen LogP contribution < -0.4 is 30.7 Å². The molecule has 0 fully saturated rings. The van der Waals surface area contributed by atoms with Gasteiger partial charge in [0.05, 0.1) is 50.7 Å². The third-order valence-electron chi connectivity index (χ3n) is 14.0. The Hall–Kier alpha value is -6.98. The fourth-order valence-electron chi connectivity index (χ4n) is 11.2. The summed E-state index contributed by atoms with van der Waals surface area (Å²) in [4.78, 5) is 5.22. The van der Waals surface area contributed by atoms with Crippen LogP contribution in [-0.4, -0.2) is 38.2 Å². The maximum atomic E-state index is 9.94. The van der Waals surface area contributed by atoms with E-state index >= 15 is 0 Å². The van der Waals surface area contributed by atoms with Crippen LogP contribution in [0.2, 0.25) is 26.0 Å². The molecule has 0 bridgehead atoms. The van der Waals surface area contributed by atoms with Crippen molar-refractivity contribution in [2.24, 2.45) is 0 Å². The van der Waals surface area contributed by atoms with Crippen LogP contribution in [0.3, 0.4) is 0 Å². The van der Waals surface area contributed by atoms with Gasteiger partial charge in [0.15, 0.2) is 8.07 Å². The predicted octanol–water partition coefficient (Wildman–Crippen LogP) is 10.6. The number of para-hydroxylation sites is 6. The maximum absolute atomic E-state index is 9.94. The second-order valence-electron chi connectivity index (χ2n) is 17.3. The minimum absolute atomic E-state index is 0.0182. The Kier molecular flexibility index (Phi) is 7.05. The van der Waals surface area contributed by atoms with Gasteiger partial charge in [-0.3, -0.25) is 8.97 Å². The Morgan fingerprint density at radius 2 is 1.28 bits per heavy atom. The van der Waals surface area contributed by atoms with Crippen LogP contribution in [0.5, 0.6) is 11.5 Å². The normalized spacial score (nSPS) is 19.5. The number of aromatic nitrogens is 3. The van der Waals surface area contributed by atoms with E-state index in [9.17, 15) is 12.3 Å². The molecular weight excluding hydrogens is 843 g/mol. The molecule has 1 aliphatic heterocycles. The zero-order valence-electron chi connectivity index (χ0n) is 44.6. The minimum Gasteiger partial charge on any atom is -0.473 e. The first-order valence-electron chi connectivity index (χ1n) is 26.4. The lowest BCUT2D eigenvalue weighted by atomic mass is 9.98. The van der Waals surface area contributed by atoms with E-state index in [0.717, 1.165) is 49.1 Å². The molecule has 0 saturated heterocycles. The van der Waals surface area contributed by atoms with E-state index in [4.69, 9.17) is 14.1 Å². The van der Waals surface area contributed by atoms with Crippen molar-refractivity contribution >= 4 is 78.0 Å². The molecule has 3 aromatic heterocycles. The van der Waals surface area contributed by atoms with E-state index in [-0.39, 0.29) is 27.8 Å². The summed E-state index contributed by atoms with van der Waals surface area (Å²) in [6.07, 6.45) is 8.47. The minimum atomic E-state index is -5.56. The molecule has 7 aromatic carbocycles. The molecule has 2 aliphatic rings. The highest BCUT2D eigenvalue weighted by atomic mass is 28.4. The number of furan rings is 1. The van der Waals surface area contributed by atoms with Gasteiger partial charge in [0.25, 0.3) is 0 Å². The predicted molar refractivity (Wildman–Crippen MR) is 276 cm³/mol. The first-order chi connectivity index (χ1) is 35.5. The fraction of sp³-hybridized carbons (Fsp3) is 0.105. The number of fused-ring (bicyclic) bond motifs is 7. The number of allylic oxidation sites excluding steroid dienone is 4. The standard InChI is InChI=1S/C57H49N3O2Si3/c1-63(2,42-22-11-12-23-42)57(64(3,4)46-37-38-61-40-46)47-29-13-18-35-53(47)62-55-48(57)30-20-36-54(55)65(43-24-7-5-8-25-43,44-26-9-6-10-27-44)45-28-19-21-41(39-45)59-51-33-16-17-34-52(51)60-50-32-15-14-31-49(50)58-56(59)60/h5-11,13-40H,12H2,1-4H3/i1D3,3D3,4D3. The second-order valence-corrected chi connectivity index (χ2v) is 28.0. The van der Waals surface area contributed by atoms with Gasteiger partial charge >= 0.3 is 0 Å². The van der Waals surface area contributed by atoms with Crippen molar-refractivity contribution in [2.75, 3.05) is 0 Å². The van der Waals surface area contributed by atoms with E-state index < -0.39 is 48.3 Å². The zero-order chi connectivity index (χ0) is 51.5. The van der Waals surface area contributed by atoms with Crippen LogP contribution >= 0.6 is 0 Å². The topological polar surface area (TPSA) is 44.6 Å². The number of nitrogens with zero attached hydrogens (tertiary/aromatic N) is 3. The number of hydrogen-bond acceptors (Lipinski definition) is 3. The average Bonchev–Trinajstić information content (AvgIpc) is 4.23. The summed E-state index contributed by atoms with van der Waals surface area (Å²) in [6, 6.07) is 59.3. The number of benzene rings is 7. The first-order valence-corrected chi connectivity index (χ1v) is 28.4. The van der Waals surface area contributed by atoms with Crippen LogP contribution in [0.25, 0.3) is 33.5 Å². The van der Waals surface area contributed by atoms with Crippen molar-refractivity contribution < 1.29 is 21.5 Å². The maximum Gasteiger partial charge on any atom is 0.220 e. The SMILES string of the molecule is [2H]C([2H])([2H])[Si](C)(C1=CCC=C1)C1([Si](c2ccoc2)(C([2H])([2H])[2H])C([2H])([2H])[2H])c2ccccc2Oc2c1cccc2[Si](c1ccccc1)(c1ccccc1)c1cccc(-n2c3ccccc3n3c4ccccc4nc23)c1. The molecule has 8 heteroatoms. The lowest BCUT2D eigenvalue weighted by molar-refractivity contribution is 0.452. The summed E-state index contributed by atoms with van der Waals surface area (Å²) in [7, 11) is -14.1. The monoisotopic (exact) mass is 900 g/mol. The van der Waals surface area contributed by atoms with Crippen LogP contribution in [0, 0.1) is 0 Å². The molecule has 316 valence electrons. The highest BCUT2D eigenvalue weighted by Gasteiger charge is 2.65. The summed E-state index contributed by atoms with van der Waals surface area (Å²) < 4.78 is 105. The number of ether oxygens (including phenoxy) is 1. The molecule has 0 saturated carbocycles. The molecule has 10 aromatic rings. The Balaban J connectivity index is 1.28. The third-order valence-corrected chi connectivity index (χ3v) is 27.8. The summed E-state index contributed by atoms with van der Waals surface area (Å²) in [5, 5.41) is 3.99. The van der Waals surface area contributed by atoms with Gasteiger partial charge in [-0.05, 0) is 80.9 Å². The van der Waals surface area contributed by atoms with Gasteiger partial charge in [-0.2, -0.15) is 0 Å². The van der Waals surface area contributed by atoms with Crippen molar-refractivity contribution in [3.8, 4) is 17.2 Å². The van der Waals surface area contributed by atoms with E-state index in [1.165, 1.54) is 18.6 Å². The second kappa shape index (κ2) is 14.8. The van der Waals surface area contributed by atoms with E-state index in [1.54, 1.807) is 43.0 Å². The Morgan fingerprint density at radius 3 is 2.00 bits per heavy atom. The molecule has 2 atom stereocenters. The number of imidazole rings is 2. The Labute approximate surface area is 395 Å². The van der Waals surface area contributed by atoms with E-state index in [0.29, 0.717) is 16.8 Å². The number of hydrogen-bond donors (Lipinski definition) is 0. The smallest absolute Gasteiger partial charge is 0.220 e. The summed E-state index contributed by atoms with van der Waals surface area (Å²) in [6.45, 7) is -7.74. The van der Waals surface area contributed by atoms with E-state index in [2.05, 4.69) is 75.7 Å². The molecule has 1 aliphatic carbocycles. The largest absolute Gasteiger partial charge is 0.473 e. The van der Waals surface area contributed by atoms with Crippen molar-refractivity contribution in [2.45, 2.75) is 37.1 Å². The number of rotatable bonds is 9. The van der Waals surface area contributed by atoms with Crippen LogP contribution in [-0.2, 0) is 4.66 Å².